The summed E-state index contributed by atoms with van der Waals surface area (Å²) in [5.74, 6) is 0.645. The largest absolute Gasteiger partial charge is 0.338 e. The molecule has 3 aliphatic heterocycles. The van der Waals surface area contributed by atoms with E-state index in [2.05, 4.69) is 45.1 Å². The molecule has 0 saturated carbocycles. The van der Waals surface area contributed by atoms with E-state index < -0.39 is 10.0 Å². The molecule has 2 atom stereocenters. The van der Waals surface area contributed by atoms with Crippen LogP contribution in [-0.2, 0) is 21.4 Å². The summed E-state index contributed by atoms with van der Waals surface area (Å²) in [5, 5.41) is 0. The fourth-order valence-corrected chi connectivity index (χ4v) is 8.65. The lowest BCUT2D eigenvalue weighted by molar-refractivity contribution is -0.139. The van der Waals surface area contributed by atoms with Crippen molar-refractivity contribution >= 4 is 31.9 Å². The topological polar surface area (TPSA) is 60.9 Å². The zero-order valence-corrected chi connectivity index (χ0v) is 25.1. The maximum Gasteiger partial charge on any atom is 0.243 e. The van der Waals surface area contributed by atoms with Gasteiger partial charge in [-0.15, -0.1) is 0 Å². The molecule has 1 amide bonds. The Morgan fingerprint density at radius 3 is 2.10 bits per heavy atom. The van der Waals surface area contributed by atoms with Crippen LogP contribution in [0.1, 0.15) is 36.3 Å². The summed E-state index contributed by atoms with van der Waals surface area (Å²) >= 11 is 3.49. The zero-order valence-electron chi connectivity index (χ0n) is 22.7. The summed E-state index contributed by atoms with van der Waals surface area (Å²) in [5.41, 5.74) is 2.11. The van der Waals surface area contributed by atoms with E-state index in [9.17, 15) is 13.2 Å². The van der Waals surface area contributed by atoms with Crippen LogP contribution in [0.3, 0.4) is 0 Å². The molecule has 40 heavy (non-hydrogen) atoms. The first kappa shape index (κ1) is 27.6. The summed E-state index contributed by atoms with van der Waals surface area (Å²) < 4.78 is 29.7. The molecule has 0 N–H and O–H groups in total. The Morgan fingerprint density at radius 1 is 0.800 bits per heavy atom. The van der Waals surface area contributed by atoms with Crippen molar-refractivity contribution in [2.75, 3.05) is 39.3 Å². The first-order valence-electron chi connectivity index (χ1n) is 14.2. The van der Waals surface area contributed by atoms with Crippen LogP contribution >= 0.6 is 15.9 Å². The van der Waals surface area contributed by atoms with Gasteiger partial charge >= 0.3 is 0 Å². The highest BCUT2D eigenvalue weighted by Crippen LogP contribution is 2.43. The Labute approximate surface area is 246 Å². The fraction of sp³-hybridized carbons (Fsp3) is 0.406. The minimum absolute atomic E-state index is 0.144. The predicted octanol–water partition coefficient (Wildman–Crippen LogP) is 5.37. The van der Waals surface area contributed by atoms with Crippen molar-refractivity contribution in [2.24, 2.45) is 11.3 Å². The number of piperidine rings is 1. The van der Waals surface area contributed by atoms with E-state index in [0.29, 0.717) is 30.4 Å². The van der Waals surface area contributed by atoms with E-state index in [1.165, 1.54) is 5.56 Å². The van der Waals surface area contributed by atoms with Crippen LogP contribution in [0, 0.1) is 11.3 Å². The molecule has 0 radical (unpaired) electrons. The molecule has 3 heterocycles. The summed E-state index contributed by atoms with van der Waals surface area (Å²) in [6.45, 7) is 5.09. The predicted molar refractivity (Wildman–Crippen MR) is 160 cm³/mol. The van der Waals surface area contributed by atoms with E-state index in [1.807, 2.05) is 41.3 Å². The second-order valence-electron chi connectivity index (χ2n) is 11.6. The maximum atomic E-state index is 13.6. The quantitative estimate of drug-likeness (QED) is 0.356. The van der Waals surface area contributed by atoms with Crippen LogP contribution in [0.4, 0.5) is 0 Å². The highest BCUT2D eigenvalue weighted by molar-refractivity contribution is 9.10. The molecule has 8 heteroatoms. The van der Waals surface area contributed by atoms with Gasteiger partial charge in [0.25, 0.3) is 0 Å². The Bertz CT molecular complexity index is 1430. The standard InChI is InChI=1S/C32H36BrN3O3S/c33-28-13-11-25(12-14-28)21-35-20-17-32(31(35)37)15-18-34(19-16-32)22-27-23-36(24-30(27)26-7-3-1-4-8-26)40(38,39)29-9-5-2-6-10-29/h1-14,27,30H,15-24H2. The Balaban J connectivity index is 1.12. The molecule has 3 aromatic rings. The number of carbonyl (C=O) groups excluding carboxylic acids is 1. The third-order valence-electron chi connectivity index (χ3n) is 9.21. The average Bonchev–Trinajstić information content (AvgIpc) is 3.54. The summed E-state index contributed by atoms with van der Waals surface area (Å²) in [6.07, 6.45) is 2.67. The minimum atomic E-state index is -3.55. The zero-order chi connectivity index (χ0) is 27.7. The van der Waals surface area contributed by atoms with Gasteiger partial charge in [-0.3, -0.25) is 4.79 Å². The van der Waals surface area contributed by atoms with Crippen LogP contribution < -0.4 is 0 Å². The molecule has 0 aromatic heterocycles. The van der Waals surface area contributed by atoms with Crippen molar-refractivity contribution in [1.29, 1.82) is 0 Å². The lowest BCUT2D eigenvalue weighted by atomic mass is 9.76. The number of hydrogen-bond donors (Lipinski definition) is 0. The summed E-state index contributed by atoms with van der Waals surface area (Å²) in [6, 6.07) is 27.3. The number of carbonyl (C=O) groups is 1. The number of likely N-dealkylation sites (tertiary alicyclic amines) is 2. The van der Waals surface area contributed by atoms with Gasteiger partial charge in [0.2, 0.25) is 15.9 Å². The molecule has 6 nitrogen and oxygen atoms in total. The summed E-state index contributed by atoms with van der Waals surface area (Å²) in [4.78, 5) is 18.4. The van der Waals surface area contributed by atoms with E-state index in [4.69, 9.17) is 0 Å². The van der Waals surface area contributed by atoms with Gasteiger partial charge in [-0.1, -0.05) is 76.6 Å². The van der Waals surface area contributed by atoms with E-state index in [0.717, 1.165) is 55.5 Å². The van der Waals surface area contributed by atoms with E-state index >= 15 is 0 Å². The second kappa shape index (κ2) is 11.4. The third kappa shape index (κ3) is 5.51. The lowest BCUT2D eigenvalue weighted by Gasteiger charge is -2.39. The monoisotopic (exact) mass is 621 g/mol. The third-order valence-corrected chi connectivity index (χ3v) is 11.6. The van der Waals surface area contributed by atoms with Crippen molar-refractivity contribution < 1.29 is 13.2 Å². The number of hydrogen-bond acceptors (Lipinski definition) is 4. The van der Waals surface area contributed by atoms with E-state index in [-0.39, 0.29) is 17.3 Å². The second-order valence-corrected chi connectivity index (χ2v) is 14.5. The van der Waals surface area contributed by atoms with Gasteiger partial charge < -0.3 is 9.80 Å². The molecule has 210 valence electrons. The van der Waals surface area contributed by atoms with Crippen molar-refractivity contribution in [3.8, 4) is 0 Å². The van der Waals surface area contributed by atoms with E-state index in [1.54, 1.807) is 28.6 Å². The molecule has 1 spiro atoms. The van der Waals surface area contributed by atoms with Gasteiger partial charge in [0.15, 0.2) is 0 Å². The smallest absolute Gasteiger partial charge is 0.243 e. The number of nitrogens with zero attached hydrogens (tertiary/aromatic N) is 3. The first-order valence-corrected chi connectivity index (χ1v) is 16.4. The molecule has 0 aliphatic carbocycles. The Kier molecular flexibility index (Phi) is 7.87. The molecule has 2 unspecified atom stereocenters. The van der Waals surface area contributed by atoms with Gasteiger partial charge in [0.05, 0.1) is 10.3 Å². The normalized spacial score (nSPS) is 23.7. The van der Waals surface area contributed by atoms with Crippen LogP contribution in [0.25, 0.3) is 0 Å². The maximum absolute atomic E-state index is 13.6. The van der Waals surface area contributed by atoms with Crippen molar-refractivity contribution in [2.45, 2.75) is 36.6 Å². The number of sulfonamides is 1. The lowest BCUT2D eigenvalue weighted by Crippen LogP contribution is -2.46. The van der Waals surface area contributed by atoms with Gasteiger partial charge in [-0.25, -0.2) is 8.42 Å². The fourth-order valence-electron chi connectivity index (χ4n) is 6.85. The molecule has 3 fully saturated rings. The number of amides is 1. The van der Waals surface area contributed by atoms with Gasteiger partial charge in [0, 0.05) is 43.1 Å². The summed E-state index contributed by atoms with van der Waals surface area (Å²) in [7, 11) is -3.55. The first-order chi connectivity index (χ1) is 19.3. The van der Waals surface area contributed by atoms with Crippen LogP contribution in [0.15, 0.2) is 94.3 Å². The molecule has 0 bridgehead atoms. The molecule has 3 aliphatic rings. The van der Waals surface area contributed by atoms with Crippen molar-refractivity contribution in [3.05, 3.63) is 101 Å². The van der Waals surface area contributed by atoms with Crippen LogP contribution in [0.2, 0.25) is 0 Å². The van der Waals surface area contributed by atoms with Gasteiger partial charge in [-0.2, -0.15) is 4.31 Å². The van der Waals surface area contributed by atoms with Crippen LogP contribution in [-0.4, -0.2) is 67.7 Å². The van der Waals surface area contributed by atoms with Crippen molar-refractivity contribution in [3.63, 3.8) is 0 Å². The molecule has 3 saturated heterocycles. The molecular formula is C32H36BrN3O3S. The molecule has 3 aromatic carbocycles. The average molecular weight is 623 g/mol. The van der Waals surface area contributed by atoms with Crippen LogP contribution in [0.5, 0.6) is 0 Å². The number of rotatable bonds is 7. The van der Waals surface area contributed by atoms with Gasteiger partial charge in [0.1, 0.15) is 0 Å². The minimum Gasteiger partial charge on any atom is -0.338 e. The SMILES string of the molecule is O=C1N(Cc2ccc(Br)cc2)CCC12CCN(CC1CN(S(=O)(=O)c3ccccc3)CC1c1ccccc1)CC2. The number of benzene rings is 3. The molecule has 6 rings (SSSR count). The van der Waals surface area contributed by atoms with Crippen molar-refractivity contribution in [1.82, 2.24) is 14.1 Å². The number of halogens is 1. The van der Waals surface area contributed by atoms with Gasteiger partial charge in [-0.05, 0) is 73.7 Å². The Morgan fingerprint density at radius 2 is 1.43 bits per heavy atom. The highest BCUT2D eigenvalue weighted by Gasteiger charge is 2.49. The Hall–Kier alpha value is -2.52. The molecular weight excluding hydrogens is 586 g/mol. The highest BCUT2D eigenvalue weighted by atomic mass is 79.9.